The van der Waals surface area contributed by atoms with Gasteiger partial charge in [-0.25, -0.2) is 4.98 Å². The van der Waals surface area contributed by atoms with E-state index >= 15 is 0 Å². The molecule has 0 aliphatic heterocycles. The first kappa shape index (κ1) is 24.8. The van der Waals surface area contributed by atoms with Gasteiger partial charge in [0.25, 0.3) is 0 Å². The van der Waals surface area contributed by atoms with E-state index in [1.807, 2.05) is 49.9 Å². The summed E-state index contributed by atoms with van der Waals surface area (Å²) in [4.78, 5) is 16.9. The van der Waals surface area contributed by atoms with Crippen molar-refractivity contribution in [2.45, 2.75) is 38.8 Å². The minimum Gasteiger partial charge on any atom is -0.493 e. The molecular formula is C26H25F3N2O3S. The Balaban J connectivity index is 1.50. The molecule has 2 aromatic carbocycles. The van der Waals surface area contributed by atoms with Crippen molar-refractivity contribution >= 4 is 28.2 Å². The standard InChI is InChI=1S/C26H25F3N2O3S/c1-4-22-24(30-25(35-22)16-5-7-18(8-6-16)26(27,28)29)15(2)14-34-19-9-10-20-17(11-23(32)33)13-31(3)21(20)12-19/h5-10,12-13,15H,4,11,14H2,1-3H3,(H,32,33). The molecule has 1 unspecified atom stereocenters. The normalized spacial score (nSPS) is 12.7. The lowest BCUT2D eigenvalue weighted by atomic mass is 10.1. The fourth-order valence-corrected chi connectivity index (χ4v) is 5.20. The second kappa shape index (κ2) is 9.73. The number of halogens is 3. The SMILES string of the molecule is CCc1sc(-c2ccc(C(F)(F)F)cc2)nc1C(C)COc1ccc2c(CC(=O)O)cn(C)c2c1. The van der Waals surface area contributed by atoms with Gasteiger partial charge in [0.15, 0.2) is 0 Å². The summed E-state index contributed by atoms with van der Waals surface area (Å²) in [7, 11) is 1.87. The average Bonchev–Trinajstić information content (AvgIpc) is 3.38. The summed E-state index contributed by atoms with van der Waals surface area (Å²) in [5, 5.41) is 10.7. The Morgan fingerprint density at radius 1 is 1.20 bits per heavy atom. The minimum absolute atomic E-state index is 0.0314. The van der Waals surface area contributed by atoms with E-state index in [1.165, 1.54) is 23.5 Å². The Morgan fingerprint density at radius 3 is 2.54 bits per heavy atom. The van der Waals surface area contributed by atoms with E-state index in [1.54, 1.807) is 0 Å². The van der Waals surface area contributed by atoms with E-state index in [0.717, 1.165) is 45.6 Å². The van der Waals surface area contributed by atoms with Crippen LogP contribution in [0.5, 0.6) is 5.75 Å². The highest BCUT2D eigenvalue weighted by Gasteiger charge is 2.30. The number of carboxylic acid groups (broad SMARTS) is 1. The number of benzene rings is 2. The molecule has 0 amide bonds. The Hall–Kier alpha value is -3.33. The molecule has 0 aliphatic rings. The van der Waals surface area contributed by atoms with E-state index < -0.39 is 17.7 Å². The molecule has 1 atom stereocenters. The number of carbonyl (C=O) groups is 1. The van der Waals surface area contributed by atoms with Gasteiger partial charge in [-0.1, -0.05) is 26.0 Å². The number of aryl methyl sites for hydroxylation is 2. The van der Waals surface area contributed by atoms with E-state index in [-0.39, 0.29) is 12.3 Å². The van der Waals surface area contributed by atoms with Crippen LogP contribution in [-0.4, -0.2) is 27.2 Å². The lowest BCUT2D eigenvalue weighted by Crippen LogP contribution is -2.09. The molecule has 2 aromatic heterocycles. The molecule has 9 heteroatoms. The summed E-state index contributed by atoms with van der Waals surface area (Å²) in [5.41, 5.74) is 2.50. The second-order valence-electron chi connectivity index (χ2n) is 8.48. The van der Waals surface area contributed by atoms with Crippen LogP contribution in [0.25, 0.3) is 21.5 Å². The van der Waals surface area contributed by atoms with Crippen molar-refractivity contribution in [3.8, 4) is 16.3 Å². The number of rotatable bonds is 8. The van der Waals surface area contributed by atoms with Crippen molar-refractivity contribution in [2.24, 2.45) is 7.05 Å². The number of ether oxygens (including phenoxy) is 1. The van der Waals surface area contributed by atoms with Crippen molar-refractivity contribution in [1.82, 2.24) is 9.55 Å². The van der Waals surface area contributed by atoms with Crippen LogP contribution in [0.4, 0.5) is 13.2 Å². The number of thiazole rings is 1. The van der Waals surface area contributed by atoms with Gasteiger partial charge in [0, 0.05) is 41.1 Å². The number of hydrogen-bond donors (Lipinski definition) is 1. The van der Waals surface area contributed by atoms with Crippen LogP contribution in [0.1, 0.15) is 41.5 Å². The number of nitrogens with zero attached hydrogens (tertiary/aromatic N) is 2. The Bertz CT molecular complexity index is 1360. The molecule has 0 saturated carbocycles. The molecule has 0 spiro atoms. The Morgan fingerprint density at radius 2 is 1.91 bits per heavy atom. The van der Waals surface area contributed by atoms with Gasteiger partial charge in [0.05, 0.1) is 29.8 Å². The zero-order valence-electron chi connectivity index (χ0n) is 19.5. The smallest absolute Gasteiger partial charge is 0.416 e. The van der Waals surface area contributed by atoms with Gasteiger partial charge in [0.2, 0.25) is 0 Å². The molecule has 0 bridgehead atoms. The van der Waals surface area contributed by atoms with Crippen molar-refractivity contribution in [3.63, 3.8) is 0 Å². The highest BCUT2D eigenvalue weighted by molar-refractivity contribution is 7.15. The van der Waals surface area contributed by atoms with E-state index in [0.29, 0.717) is 22.9 Å². The average molecular weight is 503 g/mol. The van der Waals surface area contributed by atoms with Crippen molar-refractivity contribution in [2.75, 3.05) is 6.61 Å². The molecule has 0 radical (unpaired) electrons. The van der Waals surface area contributed by atoms with Crippen LogP contribution in [0, 0.1) is 0 Å². The summed E-state index contributed by atoms with van der Waals surface area (Å²) < 4.78 is 46.6. The van der Waals surface area contributed by atoms with Crippen molar-refractivity contribution in [3.05, 3.63) is 70.4 Å². The largest absolute Gasteiger partial charge is 0.493 e. The maximum Gasteiger partial charge on any atom is 0.416 e. The van der Waals surface area contributed by atoms with Crippen LogP contribution in [0.15, 0.2) is 48.7 Å². The third-order valence-corrected chi connectivity index (χ3v) is 7.13. The molecule has 2 heterocycles. The molecular weight excluding hydrogens is 477 g/mol. The van der Waals surface area contributed by atoms with Crippen LogP contribution < -0.4 is 4.74 Å². The van der Waals surface area contributed by atoms with E-state index in [4.69, 9.17) is 14.8 Å². The predicted molar refractivity (Wildman–Crippen MR) is 130 cm³/mol. The topological polar surface area (TPSA) is 64.3 Å². The van der Waals surface area contributed by atoms with Crippen molar-refractivity contribution in [1.29, 1.82) is 0 Å². The van der Waals surface area contributed by atoms with Gasteiger partial charge >= 0.3 is 12.1 Å². The Kier molecular flexibility index (Phi) is 6.89. The number of fused-ring (bicyclic) bond motifs is 1. The molecule has 0 aliphatic carbocycles. The third-order valence-electron chi connectivity index (χ3n) is 5.86. The zero-order chi connectivity index (χ0) is 25.3. The number of hydrogen-bond acceptors (Lipinski definition) is 4. The molecule has 0 saturated heterocycles. The van der Waals surface area contributed by atoms with E-state index in [9.17, 15) is 18.0 Å². The molecule has 4 rings (SSSR count). The number of carboxylic acids is 1. The first-order valence-electron chi connectivity index (χ1n) is 11.2. The van der Waals surface area contributed by atoms with Gasteiger partial charge in [-0.15, -0.1) is 11.3 Å². The van der Waals surface area contributed by atoms with Gasteiger partial charge < -0.3 is 14.4 Å². The first-order valence-corrected chi connectivity index (χ1v) is 12.0. The zero-order valence-corrected chi connectivity index (χ0v) is 20.3. The lowest BCUT2D eigenvalue weighted by Gasteiger charge is -2.13. The van der Waals surface area contributed by atoms with Gasteiger partial charge in [-0.2, -0.15) is 13.2 Å². The van der Waals surface area contributed by atoms with Crippen LogP contribution in [-0.2, 0) is 30.9 Å². The fraction of sp³-hybridized carbons (Fsp3) is 0.308. The molecule has 184 valence electrons. The summed E-state index contributed by atoms with van der Waals surface area (Å²) in [6, 6.07) is 10.7. The highest BCUT2D eigenvalue weighted by atomic mass is 32.1. The van der Waals surface area contributed by atoms with Gasteiger partial charge in [-0.3, -0.25) is 4.79 Å². The van der Waals surface area contributed by atoms with Gasteiger partial charge in [-0.05, 0) is 36.2 Å². The summed E-state index contributed by atoms with van der Waals surface area (Å²) >= 11 is 1.49. The quantitative estimate of drug-likeness (QED) is 0.291. The van der Waals surface area contributed by atoms with Crippen LogP contribution in [0.3, 0.4) is 0 Å². The summed E-state index contributed by atoms with van der Waals surface area (Å²) in [6.45, 7) is 4.41. The first-order chi connectivity index (χ1) is 16.6. The highest BCUT2D eigenvalue weighted by Crippen LogP contribution is 2.35. The summed E-state index contributed by atoms with van der Waals surface area (Å²) in [6.07, 6.45) is -1.83. The molecule has 5 nitrogen and oxygen atoms in total. The fourth-order valence-electron chi connectivity index (χ4n) is 4.07. The number of alkyl halides is 3. The molecule has 0 fully saturated rings. The monoisotopic (exact) mass is 502 g/mol. The van der Waals surface area contributed by atoms with Gasteiger partial charge in [0.1, 0.15) is 10.8 Å². The molecule has 35 heavy (non-hydrogen) atoms. The van der Waals surface area contributed by atoms with Crippen LogP contribution >= 0.6 is 11.3 Å². The molecule has 4 aromatic rings. The number of aromatic nitrogens is 2. The van der Waals surface area contributed by atoms with E-state index in [2.05, 4.69) is 0 Å². The third kappa shape index (κ3) is 5.35. The van der Waals surface area contributed by atoms with Crippen LogP contribution in [0.2, 0.25) is 0 Å². The second-order valence-corrected chi connectivity index (χ2v) is 9.57. The Labute approximate surface area is 204 Å². The maximum atomic E-state index is 12.9. The minimum atomic E-state index is -4.37. The van der Waals surface area contributed by atoms with Crippen molar-refractivity contribution < 1.29 is 27.8 Å². The maximum absolute atomic E-state index is 12.9. The number of aliphatic carboxylic acids is 1. The molecule has 1 N–H and O–H groups in total. The lowest BCUT2D eigenvalue weighted by molar-refractivity contribution is -0.138. The predicted octanol–water partition coefficient (Wildman–Crippen LogP) is 6.69. The summed E-state index contributed by atoms with van der Waals surface area (Å²) in [5.74, 6) is -0.239.